The predicted octanol–water partition coefficient (Wildman–Crippen LogP) is -0.681. The van der Waals surface area contributed by atoms with Crippen molar-refractivity contribution in [2.24, 2.45) is 5.73 Å². The van der Waals surface area contributed by atoms with Crippen LogP contribution in [0.25, 0.3) is 0 Å². The van der Waals surface area contributed by atoms with Crippen molar-refractivity contribution in [3.8, 4) is 0 Å². The molecule has 21 heavy (non-hydrogen) atoms. The molecule has 1 rings (SSSR count). The van der Waals surface area contributed by atoms with Crippen LogP contribution in [0.2, 0.25) is 0 Å². The van der Waals surface area contributed by atoms with E-state index in [0.717, 1.165) is 5.56 Å². The highest BCUT2D eigenvalue weighted by molar-refractivity contribution is 5.80. The minimum atomic E-state index is -0.483. The number of ether oxygens (including phenoxy) is 1. The first-order valence-electron chi connectivity index (χ1n) is 6.62. The van der Waals surface area contributed by atoms with E-state index in [-0.39, 0.29) is 19.0 Å². The quantitative estimate of drug-likeness (QED) is 0.413. The number of rotatable bonds is 9. The molecule has 0 saturated carbocycles. The zero-order chi connectivity index (χ0) is 15.7. The van der Waals surface area contributed by atoms with Crippen LogP contribution in [0.5, 0.6) is 0 Å². The molecule has 0 unspecified atom stereocenters. The number of nitrogen functional groups attached to an aromatic ring is 1. The van der Waals surface area contributed by atoms with Gasteiger partial charge < -0.3 is 21.5 Å². The van der Waals surface area contributed by atoms with Crippen molar-refractivity contribution in [1.29, 1.82) is 0 Å². The summed E-state index contributed by atoms with van der Waals surface area (Å²) in [7, 11) is 1.56. The Hall–Kier alpha value is -2.12. The van der Waals surface area contributed by atoms with Crippen molar-refractivity contribution < 1.29 is 14.3 Å². The Labute approximate surface area is 124 Å². The molecule has 1 aromatic rings. The maximum Gasteiger partial charge on any atom is 0.234 e. The van der Waals surface area contributed by atoms with Gasteiger partial charge in [0, 0.05) is 25.9 Å². The van der Waals surface area contributed by atoms with Gasteiger partial charge in [-0.15, -0.1) is 0 Å². The molecule has 2 amide bonds. The van der Waals surface area contributed by atoms with Crippen LogP contribution in [0.3, 0.4) is 0 Å². The van der Waals surface area contributed by atoms with E-state index in [4.69, 9.17) is 16.2 Å². The Morgan fingerprint density at radius 1 is 1.33 bits per heavy atom. The summed E-state index contributed by atoms with van der Waals surface area (Å²) in [6.45, 7) is 1.38. The number of nitrogens with one attached hydrogen (secondary N) is 1. The second-order valence-corrected chi connectivity index (χ2v) is 4.70. The van der Waals surface area contributed by atoms with E-state index >= 15 is 0 Å². The van der Waals surface area contributed by atoms with Crippen LogP contribution >= 0.6 is 0 Å². The van der Waals surface area contributed by atoms with Crippen molar-refractivity contribution in [1.82, 2.24) is 10.2 Å². The number of benzene rings is 1. The molecule has 0 spiro atoms. The lowest BCUT2D eigenvalue weighted by Gasteiger charge is -2.20. The van der Waals surface area contributed by atoms with E-state index in [9.17, 15) is 9.59 Å². The maximum atomic E-state index is 11.8. The Morgan fingerprint density at radius 3 is 2.71 bits per heavy atom. The van der Waals surface area contributed by atoms with Crippen molar-refractivity contribution in [3.63, 3.8) is 0 Å². The first-order chi connectivity index (χ1) is 10.0. The minimum Gasteiger partial charge on any atom is -0.399 e. The first-order valence-corrected chi connectivity index (χ1v) is 6.62. The van der Waals surface area contributed by atoms with Gasteiger partial charge in [0.2, 0.25) is 11.8 Å². The van der Waals surface area contributed by atoms with Crippen LogP contribution < -0.4 is 16.8 Å². The van der Waals surface area contributed by atoms with Gasteiger partial charge in [-0.3, -0.25) is 14.5 Å². The Morgan fingerprint density at radius 2 is 2.10 bits per heavy atom. The molecule has 0 atom stereocenters. The molecule has 5 N–H and O–H groups in total. The number of nitrogens with zero attached hydrogens (tertiary/aromatic N) is 1. The summed E-state index contributed by atoms with van der Waals surface area (Å²) in [6.07, 6.45) is 0. The molecular weight excluding hydrogens is 272 g/mol. The number of carbonyl (C=O) groups excluding carboxylic acids is 2. The van der Waals surface area contributed by atoms with Gasteiger partial charge in [-0.2, -0.15) is 0 Å². The van der Waals surface area contributed by atoms with Crippen molar-refractivity contribution >= 4 is 17.5 Å². The smallest absolute Gasteiger partial charge is 0.234 e. The van der Waals surface area contributed by atoms with E-state index in [0.29, 0.717) is 25.4 Å². The highest BCUT2D eigenvalue weighted by Gasteiger charge is 2.13. The molecule has 0 radical (unpaired) electrons. The Bertz CT molecular complexity index is 479. The summed E-state index contributed by atoms with van der Waals surface area (Å²) in [6, 6.07) is 7.29. The fourth-order valence-electron chi connectivity index (χ4n) is 1.89. The number of carbonyl (C=O) groups is 2. The molecule has 0 aliphatic heterocycles. The summed E-state index contributed by atoms with van der Waals surface area (Å²) in [5.41, 5.74) is 12.5. The topological polar surface area (TPSA) is 111 Å². The molecule has 0 heterocycles. The van der Waals surface area contributed by atoms with E-state index < -0.39 is 5.91 Å². The summed E-state index contributed by atoms with van der Waals surface area (Å²) in [5.74, 6) is -0.666. The van der Waals surface area contributed by atoms with Gasteiger partial charge in [0.15, 0.2) is 0 Å². The highest BCUT2D eigenvalue weighted by atomic mass is 16.5. The third-order valence-corrected chi connectivity index (χ3v) is 2.73. The Balaban J connectivity index is 2.58. The lowest BCUT2D eigenvalue weighted by atomic mass is 10.2. The SMILES string of the molecule is COCCNC(=O)CN(CC(N)=O)Cc1cccc(N)c1. The van der Waals surface area contributed by atoms with Gasteiger partial charge in [0.25, 0.3) is 0 Å². The van der Waals surface area contributed by atoms with Gasteiger partial charge in [-0.05, 0) is 17.7 Å². The number of nitrogens with two attached hydrogens (primary N) is 2. The summed E-state index contributed by atoms with van der Waals surface area (Å²) in [5, 5.41) is 2.70. The number of hydrogen-bond acceptors (Lipinski definition) is 5. The van der Waals surface area contributed by atoms with Gasteiger partial charge in [-0.25, -0.2) is 0 Å². The molecule has 0 saturated heterocycles. The summed E-state index contributed by atoms with van der Waals surface area (Å²) in [4.78, 5) is 24.6. The zero-order valence-electron chi connectivity index (χ0n) is 12.2. The predicted molar refractivity (Wildman–Crippen MR) is 80.2 cm³/mol. The molecule has 0 aliphatic carbocycles. The lowest BCUT2D eigenvalue weighted by Crippen LogP contribution is -2.41. The molecule has 0 aliphatic rings. The van der Waals surface area contributed by atoms with Crippen LogP contribution in [-0.2, 0) is 20.9 Å². The third kappa shape index (κ3) is 7.28. The average molecular weight is 294 g/mol. The van der Waals surface area contributed by atoms with Crippen LogP contribution in [0.15, 0.2) is 24.3 Å². The largest absolute Gasteiger partial charge is 0.399 e. The fraction of sp³-hybridized carbons (Fsp3) is 0.429. The summed E-state index contributed by atoms with van der Waals surface area (Å²) < 4.78 is 4.85. The standard InChI is InChI=1S/C14H22N4O3/c1-21-6-5-17-14(20)10-18(9-13(16)19)8-11-3-2-4-12(15)7-11/h2-4,7H,5-6,8-10,15H2,1H3,(H2,16,19)(H,17,20). The molecule has 0 fully saturated rings. The molecule has 7 heteroatoms. The minimum absolute atomic E-state index is 0.00645. The number of hydrogen-bond donors (Lipinski definition) is 3. The van der Waals surface area contributed by atoms with Crippen molar-refractivity contribution in [2.75, 3.05) is 39.1 Å². The van der Waals surface area contributed by atoms with E-state index in [1.54, 1.807) is 24.1 Å². The Kier molecular flexibility index (Phi) is 7.20. The summed E-state index contributed by atoms with van der Waals surface area (Å²) >= 11 is 0. The monoisotopic (exact) mass is 294 g/mol. The lowest BCUT2D eigenvalue weighted by molar-refractivity contribution is -0.124. The maximum absolute atomic E-state index is 11.8. The number of anilines is 1. The van der Waals surface area contributed by atoms with Crippen LogP contribution in [-0.4, -0.2) is 50.1 Å². The molecule has 1 aromatic carbocycles. The number of methoxy groups -OCH3 is 1. The molecular formula is C14H22N4O3. The van der Waals surface area contributed by atoms with Gasteiger partial charge in [0.1, 0.15) is 0 Å². The van der Waals surface area contributed by atoms with Crippen LogP contribution in [0.4, 0.5) is 5.69 Å². The number of amides is 2. The van der Waals surface area contributed by atoms with E-state index in [1.807, 2.05) is 12.1 Å². The van der Waals surface area contributed by atoms with Gasteiger partial charge in [-0.1, -0.05) is 12.1 Å². The van der Waals surface area contributed by atoms with Crippen LogP contribution in [0, 0.1) is 0 Å². The normalized spacial score (nSPS) is 10.6. The average Bonchev–Trinajstić information content (AvgIpc) is 2.38. The third-order valence-electron chi connectivity index (χ3n) is 2.73. The van der Waals surface area contributed by atoms with Crippen LogP contribution in [0.1, 0.15) is 5.56 Å². The second-order valence-electron chi connectivity index (χ2n) is 4.70. The van der Waals surface area contributed by atoms with Gasteiger partial charge >= 0.3 is 0 Å². The van der Waals surface area contributed by atoms with E-state index in [1.165, 1.54) is 0 Å². The number of primary amides is 1. The fourth-order valence-corrected chi connectivity index (χ4v) is 1.89. The second kappa shape index (κ2) is 8.93. The highest BCUT2D eigenvalue weighted by Crippen LogP contribution is 2.09. The molecule has 0 aromatic heterocycles. The van der Waals surface area contributed by atoms with Gasteiger partial charge in [0.05, 0.1) is 19.7 Å². The van der Waals surface area contributed by atoms with E-state index in [2.05, 4.69) is 5.32 Å². The molecule has 0 bridgehead atoms. The molecule has 7 nitrogen and oxygen atoms in total. The zero-order valence-corrected chi connectivity index (χ0v) is 12.2. The van der Waals surface area contributed by atoms with Crippen molar-refractivity contribution in [2.45, 2.75) is 6.54 Å². The van der Waals surface area contributed by atoms with Crippen molar-refractivity contribution in [3.05, 3.63) is 29.8 Å². The first kappa shape index (κ1) is 16.9. The molecule has 116 valence electrons.